The van der Waals surface area contributed by atoms with E-state index in [1.54, 1.807) is 18.3 Å². The quantitative estimate of drug-likeness (QED) is 0.496. The summed E-state index contributed by atoms with van der Waals surface area (Å²) in [5, 5.41) is 4.52. The summed E-state index contributed by atoms with van der Waals surface area (Å²) < 4.78 is 0. The maximum atomic E-state index is 12.7. The third-order valence-electron chi connectivity index (χ3n) is 5.04. The van der Waals surface area contributed by atoms with Gasteiger partial charge in [0.25, 0.3) is 5.91 Å². The molecular weight excluding hydrogens is 412 g/mol. The van der Waals surface area contributed by atoms with Gasteiger partial charge in [-0.2, -0.15) is 0 Å². The fraction of sp³-hybridized carbons (Fsp3) is 0.174. The molecule has 0 fully saturated rings. The molecule has 0 bridgehead atoms. The molecule has 3 N–H and O–H groups in total. The highest BCUT2D eigenvalue weighted by Crippen LogP contribution is 2.20. The van der Waals surface area contributed by atoms with Crippen LogP contribution in [0.3, 0.4) is 0 Å². The van der Waals surface area contributed by atoms with Gasteiger partial charge >= 0.3 is 0 Å². The molecule has 3 heterocycles. The first-order valence-corrected chi connectivity index (χ1v) is 10.1. The Morgan fingerprint density at radius 3 is 2.74 bits per heavy atom. The van der Waals surface area contributed by atoms with Crippen LogP contribution in [0, 0.1) is 13.8 Å². The zero-order valence-corrected chi connectivity index (χ0v) is 17.9. The molecule has 0 aliphatic heterocycles. The number of nitrogens with zero attached hydrogens (tertiary/aromatic N) is 4. The number of carbonyl (C=O) groups is 1. The number of aryl methyl sites for hydroxylation is 2. The molecule has 4 aromatic rings. The number of nitrogens with one attached hydrogen (secondary N) is 1. The molecule has 3 aromatic heterocycles. The number of anilines is 1. The second kappa shape index (κ2) is 8.65. The Bertz CT molecular complexity index is 1270. The number of pyridine rings is 2. The number of amides is 1. The van der Waals surface area contributed by atoms with E-state index in [0.29, 0.717) is 29.5 Å². The average Bonchev–Trinajstić information content (AvgIpc) is 2.72. The second-order valence-electron chi connectivity index (χ2n) is 7.36. The molecule has 0 aliphatic carbocycles. The number of halogens is 1. The maximum Gasteiger partial charge on any atom is 0.270 e. The molecule has 0 saturated carbocycles. The maximum absolute atomic E-state index is 12.7. The molecule has 0 aliphatic rings. The van der Waals surface area contributed by atoms with Gasteiger partial charge in [-0.05, 0) is 66.9 Å². The highest BCUT2D eigenvalue weighted by Gasteiger charge is 2.12. The third-order valence-corrected chi connectivity index (χ3v) is 5.28. The molecule has 156 valence electrons. The Hall–Kier alpha value is -3.58. The molecule has 0 atom stereocenters. The van der Waals surface area contributed by atoms with Crippen LogP contribution in [0.2, 0.25) is 5.02 Å². The topological polar surface area (TPSA) is 107 Å². The summed E-state index contributed by atoms with van der Waals surface area (Å²) >= 11 is 6.09. The van der Waals surface area contributed by atoms with Gasteiger partial charge in [-0.15, -0.1) is 0 Å². The largest absolute Gasteiger partial charge is 0.384 e. The summed E-state index contributed by atoms with van der Waals surface area (Å²) in [6.45, 7) is 4.16. The highest BCUT2D eigenvalue weighted by atomic mass is 35.5. The van der Waals surface area contributed by atoms with E-state index in [2.05, 4.69) is 25.3 Å². The van der Waals surface area contributed by atoms with Gasteiger partial charge in [0.05, 0.1) is 5.52 Å². The summed E-state index contributed by atoms with van der Waals surface area (Å²) in [7, 11) is 0. The zero-order chi connectivity index (χ0) is 22.0. The van der Waals surface area contributed by atoms with E-state index in [1.165, 1.54) is 6.33 Å². The van der Waals surface area contributed by atoms with Crippen molar-refractivity contribution in [1.82, 2.24) is 25.3 Å². The van der Waals surface area contributed by atoms with E-state index in [4.69, 9.17) is 17.3 Å². The number of hydrogen-bond acceptors (Lipinski definition) is 6. The molecule has 1 amide bonds. The van der Waals surface area contributed by atoms with Gasteiger partial charge in [-0.1, -0.05) is 11.6 Å². The van der Waals surface area contributed by atoms with Crippen molar-refractivity contribution in [1.29, 1.82) is 0 Å². The number of nitrogens with two attached hydrogens (primary N) is 1. The standard InChI is InChI=1S/C23H21ClN6O/c1-13-5-22(25)30-14(2)19(13)11-27-23(31)21-9-18(28-12-29-21)7-15-6-16-8-17(24)3-4-20(16)26-10-15/h3-6,8-10,12H,7,11H2,1-2H3,(H2,25,30)(H,27,31). The number of hydrogen-bond donors (Lipinski definition) is 2. The van der Waals surface area contributed by atoms with Crippen molar-refractivity contribution in [2.75, 3.05) is 5.73 Å². The summed E-state index contributed by atoms with van der Waals surface area (Å²) in [6.07, 6.45) is 3.73. The van der Waals surface area contributed by atoms with Crippen molar-refractivity contribution in [3.05, 3.63) is 87.7 Å². The first kappa shape index (κ1) is 20.7. The van der Waals surface area contributed by atoms with Crippen molar-refractivity contribution in [2.24, 2.45) is 0 Å². The van der Waals surface area contributed by atoms with Crippen molar-refractivity contribution in [2.45, 2.75) is 26.8 Å². The minimum absolute atomic E-state index is 0.275. The molecular formula is C23H21ClN6O. The molecule has 0 radical (unpaired) electrons. The fourth-order valence-corrected chi connectivity index (χ4v) is 3.67. The molecule has 4 rings (SSSR count). The first-order valence-electron chi connectivity index (χ1n) is 9.75. The number of rotatable bonds is 5. The average molecular weight is 433 g/mol. The zero-order valence-electron chi connectivity index (χ0n) is 17.2. The van der Waals surface area contributed by atoms with Crippen LogP contribution < -0.4 is 11.1 Å². The van der Waals surface area contributed by atoms with Crippen LogP contribution in [0.4, 0.5) is 5.82 Å². The van der Waals surface area contributed by atoms with E-state index in [9.17, 15) is 4.79 Å². The van der Waals surface area contributed by atoms with E-state index in [-0.39, 0.29) is 5.91 Å². The first-order chi connectivity index (χ1) is 14.9. The highest BCUT2D eigenvalue weighted by molar-refractivity contribution is 6.31. The molecule has 31 heavy (non-hydrogen) atoms. The minimum atomic E-state index is -0.275. The van der Waals surface area contributed by atoms with Crippen molar-refractivity contribution < 1.29 is 4.79 Å². The molecule has 1 aromatic carbocycles. The summed E-state index contributed by atoms with van der Waals surface area (Å²) in [6, 6.07) is 11.1. The Kier molecular flexibility index (Phi) is 5.77. The van der Waals surface area contributed by atoms with Crippen LogP contribution in [0.1, 0.15) is 38.6 Å². The van der Waals surface area contributed by atoms with Gasteiger partial charge < -0.3 is 11.1 Å². The lowest BCUT2D eigenvalue weighted by Crippen LogP contribution is -2.25. The number of fused-ring (bicyclic) bond motifs is 1. The minimum Gasteiger partial charge on any atom is -0.384 e. The predicted molar refractivity (Wildman–Crippen MR) is 121 cm³/mol. The van der Waals surface area contributed by atoms with E-state index >= 15 is 0 Å². The van der Waals surface area contributed by atoms with Crippen LogP contribution in [-0.2, 0) is 13.0 Å². The predicted octanol–water partition coefficient (Wildman–Crippen LogP) is 3.79. The normalized spacial score (nSPS) is 10.9. The molecule has 0 unspecified atom stereocenters. The second-order valence-corrected chi connectivity index (χ2v) is 7.80. The third kappa shape index (κ3) is 4.78. The lowest BCUT2D eigenvalue weighted by atomic mass is 10.1. The number of aromatic nitrogens is 4. The van der Waals surface area contributed by atoms with E-state index < -0.39 is 0 Å². The van der Waals surface area contributed by atoms with Crippen LogP contribution >= 0.6 is 11.6 Å². The van der Waals surface area contributed by atoms with Crippen LogP contribution in [-0.4, -0.2) is 25.8 Å². The monoisotopic (exact) mass is 432 g/mol. The lowest BCUT2D eigenvalue weighted by molar-refractivity contribution is 0.0945. The van der Waals surface area contributed by atoms with Gasteiger partial charge in [0.2, 0.25) is 0 Å². The van der Waals surface area contributed by atoms with E-state index in [0.717, 1.165) is 39.0 Å². The Morgan fingerprint density at radius 2 is 1.94 bits per heavy atom. The van der Waals surface area contributed by atoms with Gasteiger partial charge in [0.15, 0.2) is 0 Å². The van der Waals surface area contributed by atoms with E-state index in [1.807, 2.05) is 38.1 Å². The number of benzene rings is 1. The molecule has 0 saturated heterocycles. The smallest absolute Gasteiger partial charge is 0.270 e. The Labute approximate surface area is 184 Å². The van der Waals surface area contributed by atoms with Gasteiger partial charge in [-0.3, -0.25) is 9.78 Å². The van der Waals surface area contributed by atoms with Gasteiger partial charge in [0.1, 0.15) is 17.8 Å². The Morgan fingerprint density at radius 1 is 1.10 bits per heavy atom. The van der Waals surface area contributed by atoms with Crippen LogP contribution in [0.5, 0.6) is 0 Å². The van der Waals surface area contributed by atoms with Gasteiger partial charge in [0, 0.05) is 41.0 Å². The summed E-state index contributed by atoms with van der Waals surface area (Å²) in [5.41, 5.74) is 11.4. The fourth-order valence-electron chi connectivity index (χ4n) is 3.49. The summed E-state index contributed by atoms with van der Waals surface area (Å²) in [5.74, 6) is 0.193. The Balaban J connectivity index is 1.48. The van der Waals surface area contributed by atoms with Crippen LogP contribution in [0.15, 0.2) is 48.9 Å². The molecule has 0 spiro atoms. The van der Waals surface area contributed by atoms with Gasteiger partial charge in [-0.25, -0.2) is 15.0 Å². The summed E-state index contributed by atoms with van der Waals surface area (Å²) in [4.78, 5) is 29.8. The van der Waals surface area contributed by atoms with Crippen LogP contribution in [0.25, 0.3) is 10.9 Å². The van der Waals surface area contributed by atoms with Crippen molar-refractivity contribution >= 4 is 34.2 Å². The van der Waals surface area contributed by atoms with Crippen molar-refractivity contribution in [3.8, 4) is 0 Å². The SMILES string of the molecule is Cc1cc(N)nc(C)c1CNC(=O)c1cc(Cc2cnc3ccc(Cl)cc3c2)ncn1. The van der Waals surface area contributed by atoms with Crippen molar-refractivity contribution in [3.63, 3.8) is 0 Å². The number of carbonyl (C=O) groups excluding carboxylic acids is 1. The molecule has 7 nitrogen and oxygen atoms in total. The lowest BCUT2D eigenvalue weighted by Gasteiger charge is -2.11. The molecule has 8 heteroatoms. The number of nitrogen functional groups attached to an aromatic ring is 1.